The van der Waals surface area contributed by atoms with Gasteiger partial charge in [-0.2, -0.15) is 0 Å². The quantitative estimate of drug-likeness (QED) is 0.453. The van der Waals surface area contributed by atoms with Crippen LogP contribution in [0.3, 0.4) is 0 Å². The maximum atomic E-state index is 11.6. The predicted octanol–water partition coefficient (Wildman–Crippen LogP) is 0.952. The lowest BCUT2D eigenvalue weighted by Gasteiger charge is -2.06. The number of amides is 1. The number of hydrogen-bond donors (Lipinski definition) is 2. The molecule has 0 radical (unpaired) electrons. The minimum Gasteiger partial charge on any atom is -0.462 e. The average molecular weight is 236 g/mol. The van der Waals surface area contributed by atoms with Crippen molar-refractivity contribution in [1.29, 1.82) is 0 Å². The van der Waals surface area contributed by atoms with Crippen molar-refractivity contribution in [2.24, 2.45) is 0 Å². The predicted molar refractivity (Wildman–Crippen MR) is 64.4 cm³/mol. The summed E-state index contributed by atoms with van der Waals surface area (Å²) in [6.07, 6.45) is 0.839. The number of hydrogen-bond acceptors (Lipinski definition) is 4. The molecule has 1 rings (SSSR count). The smallest absolute Gasteiger partial charge is 0.340 e. The van der Waals surface area contributed by atoms with Gasteiger partial charge in [-0.25, -0.2) is 4.79 Å². The number of carbonyl (C=O) groups excluding carboxylic acids is 2. The van der Waals surface area contributed by atoms with Crippen molar-refractivity contribution in [1.82, 2.24) is 5.32 Å². The molecule has 1 amide bonds. The van der Waals surface area contributed by atoms with Crippen LogP contribution in [0.25, 0.3) is 0 Å². The van der Waals surface area contributed by atoms with Crippen LogP contribution in [-0.2, 0) is 9.53 Å². The van der Waals surface area contributed by atoms with Crippen LogP contribution in [0.1, 0.15) is 23.2 Å². The second-order valence-corrected chi connectivity index (χ2v) is 3.50. The lowest BCUT2D eigenvalue weighted by molar-refractivity contribution is -0.120. The Kier molecular flexibility index (Phi) is 5.00. The van der Waals surface area contributed by atoms with E-state index in [1.165, 1.54) is 0 Å². The van der Waals surface area contributed by atoms with Crippen LogP contribution in [0.2, 0.25) is 0 Å². The van der Waals surface area contributed by atoms with E-state index in [9.17, 15) is 9.59 Å². The molecule has 0 aromatic heterocycles. The van der Waals surface area contributed by atoms with E-state index in [1.807, 2.05) is 0 Å². The fourth-order valence-corrected chi connectivity index (χ4v) is 1.28. The first kappa shape index (κ1) is 13.0. The highest BCUT2D eigenvalue weighted by Gasteiger charge is 2.10. The van der Waals surface area contributed by atoms with Crippen LogP contribution >= 0.6 is 0 Å². The highest BCUT2D eigenvalue weighted by molar-refractivity contribution is 5.94. The van der Waals surface area contributed by atoms with Gasteiger partial charge >= 0.3 is 5.97 Å². The van der Waals surface area contributed by atoms with E-state index >= 15 is 0 Å². The van der Waals surface area contributed by atoms with Crippen LogP contribution in [0.4, 0.5) is 5.69 Å². The molecule has 0 heterocycles. The fraction of sp³-hybridized carbons (Fsp3) is 0.333. The highest BCUT2D eigenvalue weighted by atomic mass is 16.5. The van der Waals surface area contributed by atoms with Gasteiger partial charge in [0, 0.05) is 19.2 Å². The first-order valence-corrected chi connectivity index (χ1v) is 5.37. The zero-order chi connectivity index (χ0) is 12.7. The third kappa shape index (κ3) is 4.14. The summed E-state index contributed by atoms with van der Waals surface area (Å²) in [5, 5.41) is 2.49. The van der Waals surface area contributed by atoms with Crippen LogP contribution < -0.4 is 11.1 Å². The molecule has 0 atom stereocenters. The first-order chi connectivity index (χ1) is 8.15. The maximum Gasteiger partial charge on any atom is 0.340 e. The van der Waals surface area contributed by atoms with Gasteiger partial charge in [-0.3, -0.25) is 4.79 Å². The van der Waals surface area contributed by atoms with Gasteiger partial charge in [-0.1, -0.05) is 12.1 Å². The van der Waals surface area contributed by atoms with Gasteiger partial charge in [0.05, 0.1) is 12.2 Å². The van der Waals surface area contributed by atoms with Crippen LogP contribution in [0.5, 0.6) is 0 Å². The van der Waals surface area contributed by atoms with Crippen molar-refractivity contribution >= 4 is 17.6 Å². The number of benzene rings is 1. The highest BCUT2D eigenvalue weighted by Crippen LogP contribution is 2.11. The Balaban J connectivity index is 2.36. The van der Waals surface area contributed by atoms with E-state index in [0.717, 1.165) is 0 Å². The number of ether oxygens (including phenoxy) is 1. The molecule has 0 fully saturated rings. The number of carbonyl (C=O) groups is 2. The van der Waals surface area contributed by atoms with Gasteiger partial charge in [0.1, 0.15) is 0 Å². The van der Waals surface area contributed by atoms with Gasteiger partial charge in [0.25, 0.3) is 0 Å². The Bertz CT molecular complexity index is 404. The zero-order valence-electron chi connectivity index (χ0n) is 9.73. The lowest BCUT2D eigenvalue weighted by atomic mass is 10.2. The zero-order valence-corrected chi connectivity index (χ0v) is 9.73. The standard InChI is InChI=1S/C12H16N2O3/c1-14-11(15)7-4-8-17-12(16)9-5-2-3-6-10(9)13/h2-3,5-6H,4,7-8,13H2,1H3,(H,14,15). The number of rotatable bonds is 5. The summed E-state index contributed by atoms with van der Waals surface area (Å²) in [7, 11) is 1.57. The lowest BCUT2D eigenvalue weighted by Crippen LogP contribution is -2.18. The Morgan fingerprint density at radius 2 is 2.06 bits per heavy atom. The summed E-state index contributed by atoms with van der Waals surface area (Å²) in [4.78, 5) is 22.5. The van der Waals surface area contributed by atoms with Gasteiger partial charge in [-0.05, 0) is 18.6 Å². The number of esters is 1. The van der Waals surface area contributed by atoms with Crippen molar-refractivity contribution in [3.8, 4) is 0 Å². The molecule has 3 N–H and O–H groups in total. The van der Waals surface area contributed by atoms with Gasteiger partial charge in [0.15, 0.2) is 0 Å². The number of anilines is 1. The van der Waals surface area contributed by atoms with Crippen molar-refractivity contribution in [2.45, 2.75) is 12.8 Å². The second-order valence-electron chi connectivity index (χ2n) is 3.50. The topological polar surface area (TPSA) is 81.4 Å². The third-order valence-electron chi connectivity index (χ3n) is 2.24. The molecule has 5 heteroatoms. The summed E-state index contributed by atoms with van der Waals surface area (Å²) in [6.45, 7) is 0.209. The van der Waals surface area contributed by atoms with Crippen molar-refractivity contribution in [2.75, 3.05) is 19.4 Å². The molecular weight excluding hydrogens is 220 g/mol. The number of nitrogen functional groups attached to an aromatic ring is 1. The SMILES string of the molecule is CNC(=O)CCCOC(=O)c1ccccc1N. The van der Waals surface area contributed by atoms with Crippen molar-refractivity contribution in [3.63, 3.8) is 0 Å². The minimum absolute atomic E-state index is 0.0692. The summed E-state index contributed by atoms with van der Waals surface area (Å²) in [5.41, 5.74) is 6.38. The molecule has 5 nitrogen and oxygen atoms in total. The van der Waals surface area contributed by atoms with Crippen molar-refractivity contribution < 1.29 is 14.3 Å². The third-order valence-corrected chi connectivity index (χ3v) is 2.24. The van der Waals surface area contributed by atoms with Gasteiger partial charge in [-0.15, -0.1) is 0 Å². The van der Waals surface area contributed by atoms with Crippen LogP contribution in [0, 0.1) is 0 Å². The molecule has 17 heavy (non-hydrogen) atoms. The Hall–Kier alpha value is -2.04. The van der Waals surface area contributed by atoms with Gasteiger partial charge in [0.2, 0.25) is 5.91 Å². The molecule has 0 saturated heterocycles. The monoisotopic (exact) mass is 236 g/mol. The van der Waals surface area contributed by atoms with E-state index in [-0.39, 0.29) is 12.5 Å². The fourth-order valence-electron chi connectivity index (χ4n) is 1.28. The van der Waals surface area contributed by atoms with E-state index in [1.54, 1.807) is 31.3 Å². The first-order valence-electron chi connectivity index (χ1n) is 5.37. The number of para-hydroxylation sites is 1. The molecule has 0 aliphatic rings. The second kappa shape index (κ2) is 6.52. The maximum absolute atomic E-state index is 11.6. The molecule has 1 aromatic rings. The summed E-state index contributed by atoms with van der Waals surface area (Å²) in [6, 6.07) is 6.72. The summed E-state index contributed by atoms with van der Waals surface area (Å²) < 4.78 is 5.00. The Labute approximate surface area is 99.9 Å². The molecule has 0 saturated carbocycles. The molecule has 92 valence electrons. The molecule has 0 aliphatic heterocycles. The van der Waals surface area contributed by atoms with Crippen molar-refractivity contribution in [3.05, 3.63) is 29.8 Å². The molecule has 0 bridgehead atoms. The van der Waals surface area contributed by atoms with Crippen LogP contribution in [-0.4, -0.2) is 25.5 Å². The minimum atomic E-state index is -0.458. The number of nitrogens with one attached hydrogen (secondary N) is 1. The van der Waals surface area contributed by atoms with Gasteiger partial charge < -0.3 is 15.8 Å². The summed E-state index contributed by atoms with van der Waals surface area (Å²) >= 11 is 0. The average Bonchev–Trinajstić information content (AvgIpc) is 2.34. The van der Waals surface area contributed by atoms with E-state index < -0.39 is 5.97 Å². The summed E-state index contributed by atoms with van der Waals surface area (Å²) in [5.74, 6) is -0.528. The molecule has 0 unspecified atom stereocenters. The molecular formula is C12H16N2O3. The molecule has 0 aliphatic carbocycles. The Morgan fingerprint density at radius 1 is 1.35 bits per heavy atom. The Morgan fingerprint density at radius 3 is 2.71 bits per heavy atom. The van der Waals surface area contributed by atoms with E-state index in [0.29, 0.717) is 24.1 Å². The molecule has 1 aromatic carbocycles. The largest absolute Gasteiger partial charge is 0.462 e. The van der Waals surface area contributed by atoms with Crippen LogP contribution in [0.15, 0.2) is 24.3 Å². The molecule has 0 spiro atoms. The normalized spacial score (nSPS) is 9.71. The van der Waals surface area contributed by atoms with E-state index in [2.05, 4.69) is 5.32 Å². The van der Waals surface area contributed by atoms with E-state index in [4.69, 9.17) is 10.5 Å². The number of nitrogens with two attached hydrogens (primary N) is 1.